The number of benzene rings is 1. The van der Waals surface area contributed by atoms with Crippen LogP contribution in [-0.4, -0.2) is 10.9 Å². The fraction of sp³-hybridized carbons (Fsp3) is 0. The molecule has 2 rings (SSSR count). The van der Waals surface area contributed by atoms with Crippen LogP contribution in [0, 0.1) is 0 Å². The number of fused-ring (bicyclic) bond motifs is 1. The topological polar surface area (TPSA) is 56.7 Å². The number of carbonyl (C=O) groups excluding carboxylic acids is 1. The summed E-state index contributed by atoms with van der Waals surface area (Å²) < 4.78 is 0. The smallest absolute Gasteiger partial charge is 0.270 e. The number of carbonyl (C=O) groups is 1. The van der Waals surface area contributed by atoms with Gasteiger partial charge in [0.05, 0.1) is 5.56 Å². The summed E-state index contributed by atoms with van der Waals surface area (Å²) in [5.74, 6) is -0.639. The van der Waals surface area contributed by atoms with Gasteiger partial charge in [-0.05, 0) is 18.2 Å². The maximum atomic E-state index is 10.8. The predicted octanol–water partition coefficient (Wildman–Crippen LogP) is 1.59. The zero-order valence-electron chi connectivity index (χ0n) is 6.29. The first-order valence-electron chi connectivity index (χ1n) is 3.61. The first-order chi connectivity index (χ1) is 5.79. The SMILES string of the molecule is [NH]C(=O)c1cccc2[nH]ccc12. The van der Waals surface area contributed by atoms with Crippen LogP contribution < -0.4 is 5.73 Å². The van der Waals surface area contributed by atoms with Gasteiger partial charge < -0.3 is 4.98 Å². The van der Waals surface area contributed by atoms with Crippen LogP contribution in [0.4, 0.5) is 0 Å². The van der Waals surface area contributed by atoms with Gasteiger partial charge in [0, 0.05) is 17.1 Å². The highest BCUT2D eigenvalue weighted by atomic mass is 16.1. The average molecular weight is 159 g/mol. The van der Waals surface area contributed by atoms with Gasteiger partial charge >= 0.3 is 0 Å². The van der Waals surface area contributed by atoms with Crippen molar-refractivity contribution < 1.29 is 4.79 Å². The van der Waals surface area contributed by atoms with Gasteiger partial charge in [-0.1, -0.05) is 6.07 Å². The van der Waals surface area contributed by atoms with Crippen LogP contribution in [0.3, 0.4) is 0 Å². The summed E-state index contributed by atoms with van der Waals surface area (Å²) in [5, 5.41) is 0.817. The van der Waals surface area contributed by atoms with Crippen LogP contribution in [0.1, 0.15) is 10.4 Å². The Hall–Kier alpha value is -1.77. The van der Waals surface area contributed by atoms with Crippen molar-refractivity contribution in [1.29, 1.82) is 0 Å². The molecule has 1 amide bonds. The van der Waals surface area contributed by atoms with Gasteiger partial charge in [0.25, 0.3) is 5.91 Å². The van der Waals surface area contributed by atoms with Crippen molar-refractivity contribution in [3.63, 3.8) is 0 Å². The van der Waals surface area contributed by atoms with E-state index >= 15 is 0 Å². The minimum atomic E-state index is -0.639. The van der Waals surface area contributed by atoms with E-state index in [0.29, 0.717) is 5.56 Å². The molecule has 0 bridgehead atoms. The molecule has 0 saturated carbocycles. The van der Waals surface area contributed by atoms with E-state index in [1.807, 2.05) is 6.07 Å². The zero-order valence-corrected chi connectivity index (χ0v) is 6.29. The van der Waals surface area contributed by atoms with Crippen molar-refractivity contribution in [2.24, 2.45) is 0 Å². The summed E-state index contributed by atoms with van der Waals surface area (Å²) in [7, 11) is 0. The lowest BCUT2D eigenvalue weighted by molar-refractivity contribution is 0.0993. The molecule has 0 aliphatic heterocycles. The Morgan fingerprint density at radius 2 is 2.17 bits per heavy atom. The summed E-state index contributed by atoms with van der Waals surface area (Å²) >= 11 is 0. The normalized spacial score (nSPS) is 10.3. The molecule has 0 saturated heterocycles. The van der Waals surface area contributed by atoms with Crippen LogP contribution in [0.15, 0.2) is 30.5 Å². The fourth-order valence-electron chi connectivity index (χ4n) is 1.28. The van der Waals surface area contributed by atoms with E-state index < -0.39 is 5.91 Å². The molecule has 1 aromatic carbocycles. The number of amides is 1. The van der Waals surface area contributed by atoms with Crippen LogP contribution in [-0.2, 0) is 0 Å². The number of hydrogen-bond acceptors (Lipinski definition) is 1. The number of hydrogen-bond donors (Lipinski definition) is 1. The Bertz CT molecular complexity index is 431. The molecular formula is C9H7N2O. The Morgan fingerprint density at radius 3 is 2.92 bits per heavy atom. The molecule has 12 heavy (non-hydrogen) atoms. The van der Waals surface area contributed by atoms with Crippen molar-refractivity contribution in [1.82, 2.24) is 10.7 Å². The molecule has 0 spiro atoms. The highest BCUT2D eigenvalue weighted by Crippen LogP contribution is 2.16. The number of rotatable bonds is 1. The standard InChI is InChI=1S/C9H7N2O/c10-9(12)7-2-1-3-8-6(7)4-5-11-8/h1-5,10-11H. The third-order valence-corrected chi connectivity index (χ3v) is 1.84. The highest BCUT2D eigenvalue weighted by molar-refractivity contribution is 6.05. The molecule has 1 radical (unpaired) electrons. The third kappa shape index (κ3) is 0.871. The van der Waals surface area contributed by atoms with Crippen LogP contribution in [0.25, 0.3) is 10.9 Å². The summed E-state index contributed by atoms with van der Waals surface area (Å²) in [6, 6.07) is 7.10. The Balaban J connectivity index is 2.82. The van der Waals surface area contributed by atoms with E-state index in [1.54, 1.807) is 24.4 Å². The molecule has 0 aliphatic carbocycles. The van der Waals surface area contributed by atoms with Crippen molar-refractivity contribution in [3.05, 3.63) is 36.0 Å². The lowest BCUT2D eigenvalue weighted by Crippen LogP contribution is -1.98. The number of aromatic amines is 1. The molecule has 2 N–H and O–H groups in total. The Labute approximate surface area is 69.2 Å². The molecule has 0 atom stereocenters. The molecule has 0 fully saturated rings. The third-order valence-electron chi connectivity index (χ3n) is 1.84. The molecule has 1 aromatic heterocycles. The summed E-state index contributed by atoms with van der Waals surface area (Å²) in [5.41, 5.74) is 8.34. The molecule has 59 valence electrons. The van der Waals surface area contributed by atoms with E-state index in [2.05, 4.69) is 4.98 Å². The van der Waals surface area contributed by atoms with Crippen molar-refractivity contribution in [3.8, 4) is 0 Å². The van der Waals surface area contributed by atoms with Crippen molar-refractivity contribution >= 4 is 16.8 Å². The van der Waals surface area contributed by atoms with Gasteiger partial charge in [-0.15, -0.1) is 0 Å². The van der Waals surface area contributed by atoms with Gasteiger partial charge in [-0.2, -0.15) is 0 Å². The largest absolute Gasteiger partial charge is 0.361 e. The van der Waals surface area contributed by atoms with Gasteiger partial charge in [0.2, 0.25) is 0 Å². The number of H-pyrrole nitrogens is 1. The zero-order chi connectivity index (χ0) is 8.55. The number of nitrogens with one attached hydrogen (secondary N) is 2. The quantitative estimate of drug-likeness (QED) is 0.674. The predicted molar refractivity (Wildman–Crippen MR) is 45.7 cm³/mol. The van der Waals surface area contributed by atoms with E-state index in [4.69, 9.17) is 5.73 Å². The molecular weight excluding hydrogens is 152 g/mol. The first kappa shape index (κ1) is 6.91. The molecule has 3 heteroatoms. The van der Waals surface area contributed by atoms with Crippen molar-refractivity contribution in [2.75, 3.05) is 0 Å². The fourth-order valence-corrected chi connectivity index (χ4v) is 1.28. The van der Waals surface area contributed by atoms with Gasteiger partial charge in [-0.25, -0.2) is 0 Å². The molecule has 0 aliphatic rings. The average Bonchev–Trinajstić information content (AvgIpc) is 2.49. The van der Waals surface area contributed by atoms with Crippen LogP contribution >= 0.6 is 0 Å². The van der Waals surface area contributed by atoms with Gasteiger partial charge in [0.1, 0.15) is 0 Å². The number of aromatic nitrogens is 1. The maximum absolute atomic E-state index is 10.8. The van der Waals surface area contributed by atoms with E-state index in [0.717, 1.165) is 10.9 Å². The second kappa shape index (κ2) is 2.37. The van der Waals surface area contributed by atoms with Crippen molar-refractivity contribution in [2.45, 2.75) is 0 Å². The summed E-state index contributed by atoms with van der Waals surface area (Å²) in [6.45, 7) is 0. The monoisotopic (exact) mass is 159 g/mol. The molecule has 3 nitrogen and oxygen atoms in total. The maximum Gasteiger partial charge on any atom is 0.270 e. The lowest BCUT2D eigenvalue weighted by Gasteiger charge is -1.95. The second-order valence-corrected chi connectivity index (χ2v) is 2.57. The first-order valence-corrected chi connectivity index (χ1v) is 3.61. The van der Waals surface area contributed by atoms with Crippen LogP contribution in [0.5, 0.6) is 0 Å². The summed E-state index contributed by atoms with van der Waals surface area (Å²) in [4.78, 5) is 13.8. The Kier molecular flexibility index (Phi) is 1.37. The van der Waals surface area contributed by atoms with E-state index in [1.165, 1.54) is 0 Å². The Morgan fingerprint density at radius 1 is 1.33 bits per heavy atom. The lowest BCUT2D eigenvalue weighted by atomic mass is 10.1. The van der Waals surface area contributed by atoms with Gasteiger partial charge in [-0.3, -0.25) is 10.5 Å². The second-order valence-electron chi connectivity index (χ2n) is 2.57. The van der Waals surface area contributed by atoms with Gasteiger partial charge in [0.15, 0.2) is 0 Å². The highest BCUT2D eigenvalue weighted by Gasteiger charge is 2.05. The van der Waals surface area contributed by atoms with E-state index in [-0.39, 0.29) is 0 Å². The van der Waals surface area contributed by atoms with Crippen LogP contribution in [0.2, 0.25) is 0 Å². The molecule has 2 aromatic rings. The summed E-state index contributed by atoms with van der Waals surface area (Å²) in [6.07, 6.45) is 1.76. The minimum Gasteiger partial charge on any atom is -0.361 e. The molecule has 1 heterocycles. The minimum absolute atomic E-state index is 0.453. The molecule has 0 unspecified atom stereocenters. The van der Waals surface area contributed by atoms with E-state index in [9.17, 15) is 4.79 Å².